The third-order valence-corrected chi connectivity index (χ3v) is 3.61. The Bertz CT molecular complexity index is 524. The highest BCUT2D eigenvalue weighted by atomic mass is 16.4. The quantitative estimate of drug-likeness (QED) is 0.898. The maximum Gasteiger partial charge on any atom is 0.233 e. The van der Waals surface area contributed by atoms with Crippen molar-refractivity contribution in [2.45, 2.75) is 38.1 Å². The fraction of sp³-hybridized carbons (Fsp3) is 0.429. The van der Waals surface area contributed by atoms with E-state index in [4.69, 9.17) is 10.2 Å². The molecule has 0 fully saturated rings. The van der Waals surface area contributed by atoms with Crippen molar-refractivity contribution in [2.24, 2.45) is 5.73 Å². The fourth-order valence-electron chi connectivity index (χ4n) is 2.47. The predicted octanol–water partition coefficient (Wildman–Crippen LogP) is 2.36. The number of rotatable bonds is 3. The molecule has 4 heteroatoms. The van der Waals surface area contributed by atoms with E-state index >= 15 is 0 Å². The van der Waals surface area contributed by atoms with Crippen molar-refractivity contribution in [1.82, 2.24) is 10.2 Å². The smallest absolute Gasteiger partial charge is 0.233 e. The SMILES string of the molecule is CCC(N)c1nnc(C2Cc3ccccc3C2)o1. The van der Waals surface area contributed by atoms with E-state index in [2.05, 4.69) is 34.5 Å². The lowest BCUT2D eigenvalue weighted by atomic mass is 10.1. The van der Waals surface area contributed by atoms with Gasteiger partial charge in [-0.05, 0) is 30.4 Å². The van der Waals surface area contributed by atoms with Gasteiger partial charge in [-0.25, -0.2) is 0 Å². The van der Waals surface area contributed by atoms with Crippen LogP contribution < -0.4 is 5.73 Å². The van der Waals surface area contributed by atoms with Crippen molar-refractivity contribution in [1.29, 1.82) is 0 Å². The zero-order valence-corrected chi connectivity index (χ0v) is 10.5. The Hall–Kier alpha value is -1.68. The van der Waals surface area contributed by atoms with E-state index in [0.29, 0.717) is 11.8 Å². The summed E-state index contributed by atoms with van der Waals surface area (Å²) in [6, 6.07) is 8.35. The second-order valence-electron chi connectivity index (χ2n) is 4.87. The predicted molar refractivity (Wildman–Crippen MR) is 68.1 cm³/mol. The summed E-state index contributed by atoms with van der Waals surface area (Å²) in [5.41, 5.74) is 8.68. The first kappa shape index (κ1) is 11.4. The van der Waals surface area contributed by atoms with Gasteiger partial charge < -0.3 is 10.2 Å². The highest BCUT2D eigenvalue weighted by Gasteiger charge is 2.27. The van der Waals surface area contributed by atoms with Crippen LogP contribution in [-0.4, -0.2) is 10.2 Å². The molecule has 1 aliphatic rings. The molecule has 1 atom stereocenters. The fourth-order valence-corrected chi connectivity index (χ4v) is 2.47. The Morgan fingerprint density at radius 2 is 1.94 bits per heavy atom. The van der Waals surface area contributed by atoms with Gasteiger partial charge in [0.1, 0.15) is 0 Å². The number of hydrogen-bond acceptors (Lipinski definition) is 4. The zero-order chi connectivity index (χ0) is 12.5. The molecule has 94 valence electrons. The Morgan fingerprint density at radius 1 is 1.28 bits per heavy atom. The van der Waals surface area contributed by atoms with E-state index < -0.39 is 0 Å². The molecule has 1 heterocycles. The maximum atomic E-state index is 5.89. The summed E-state index contributed by atoms with van der Waals surface area (Å²) in [7, 11) is 0. The number of nitrogens with two attached hydrogens (primary N) is 1. The van der Waals surface area contributed by atoms with E-state index in [1.807, 2.05) is 6.92 Å². The molecule has 0 bridgehead atoms. The van der Waals surface area contributed by atoms with Crippen molar-refractivity contribution in [3.8, 4) is 0 Å². The number of hydrogen-bond donors (Lipinski definition) is 1. The first-order chi connectivity index (χ1) is 8.78. The minimum atomic E-state index is -0.143. The van der Waals surface area contributed by atoms with Crippen molar-refractivity contribution < 1.29 is 4.42 Å². The van der Waals surface area contributed by atoms with Gasteiger partial charge >= 0.3 is 0 Å². The molecule has 2 aromatic rings. The number of aromatic nitrogens is 2. The first-order valence-corrected chi connectivity index (χ1v) is 6.43. The molecule has 4 nitrogen and oxygen atoms in total. The van der Waals surface area contributed by atoms with Crippen LogP contribution in [0.25, 0.3) is 0 Å². The van der Waals surface area contributed by atoms with Crippen LogP contribution in [0.1, 0.15) is 48.2 Å². The van der Waals surface area contributed by atoms with Crippen LogP contribution in [0.4, 0.5) is 0 Å². The van der Waals surface area contributed by atoms with E-state index in [1.54, 1.807) is 0 Å². The lowest BCUT2D eigenvalue weighted by Gasteiger charge is -2.03. The summed E-state index contributed by atoms with van der Waals surface area (Å²) < 4.78 is 5.70. The monoisotopic (exact) mass is 243 g/mol. The average Bonchev–Trinajstić information content (AvgIpc) is 3.03. The molecule has 0 saturated carbocycles. The van der Waals surface area contributed by atoms with Gasteiger partial charge in [-0.3, -0.25) is 0 Å². The third kappa shape index (κ3) is 1.93. The van der Waals surface area contributed by atoms with E-state index in [1.165, 1.54) is 11.1 Å². The topological polar surface area (TPSA) is 64.9 Å². The summed E-state index contributed by atoms with van der Waals surface area (Å²) in [6.07, 6.45) is 2.78. The molecule has 1 aromatic heterocycles. The number of benzene rings is 1. The van der Waals surface area contributed by atoms with Crippen molar-refractivity contribution in [2.75, 3.05) is 0 Å². The summed E-state index contributed by atoms with van der Waals surface area (Å²) >= 11 is 0. The molecule has 3 rings (SSSR count). The van der Waals surface area contributed by atoms with Crippen LogP contribution in [0.2, 0.25) is 0 Å². The van der Waals surface area contributed by atoms with E-state index in [-0.39, 0.29) is 6.04 Å². The molecule has 1 aromatic carbocycles. The molecule has 1 aliphatic carbocycles. The van der Waals surface area contributed by atoms with Gasteiger partial charge in [-0.2, -0.15) is 0 Å². The van der Waals surface area contributed by atoms with Crippen molar-refractivity contribution >= 4 is 0 Å². The summed E-state index contributed by atoms with van der Waals surface area (Å²) in [5.74, 6) is 1.60. The van der Waals surface area contributed by atoms with Crippen molar-refractivity contribution in [3.05, 3.63) is 47.2 Å². The van der Waals surface area contributed by atoms with Crippen LogP contribution in [0.3, 0.4) is 0 Å². The van der Waals surface area contributed by atoms with E-state index in [9.17, 15) is 0 Å². The standard InChI is InChI=1S/C14H17N3O/c1-2-12(15)14-17-16-13(18-14)11-7-9-5-3-4-6-10(9)8-11/h3-6,11-12H,2,7-8,15H2,1H3. The van der Waals surface area contributed by atoms with Crippen LogP contribution >= 0.6 is 0 Å². The highest BCUT2D eigenvalue weighted by Crippen LogP contribution is 2.33. The summed E-state index contributed by atoms with van der Waals surface area (Å²) in [6.45, 7) is 2.01. The van der Waals surface area contributed by atoms with Gasteiger partial charge in [0, 0.05) is 5.92 Å². The molecule has 0 aliphatic heterocycles. The molecular formula is C14H17N3O. The molecule has 2 N–H and O–H groups in total. The van der Waals surface area contributed by atoms with Gasteiger partial charge in [0.05, 0.1) is 6.04 Å². The molecule has 0 amide bonds. The van der Waals surface area contributed by atoms with Crippen LogP contribution in [0.5, 0.6) is 0 Å². The highest BCUT2D eigenvalue weighted by molar-refractivity contribution is 5.34. The number of fused-ring (bicyclic) bond motifs is 1. The van der Waals surface area contributed by atoms with Crippen LogP contribution in [0.15, 0.2) is 28.7 Å². The Morgan fingerprint density at radius 3 is 2.56 bits per heavy atom. The first-order valence-electron chi connectivity index (χ1n) is 6.43. The second-order valence-corrected chi connectivity index (χ2v) is 4.87. The normalized spacial score (nSPS) is 16.8. The molecule has 0 radical (unpaired) electrons. The summed E-state index contributed by atoms with van der Waals surface area (Å²) in [4.78, 5) is 0. The van der Waals surface area contributed by atoms with Gasteiger partial charge in [-0.15, -0.1) is 10.2 Å². The third-order valence-electron chi connectivity index (χ3n) is 3.61. The molecule has 18 heavy (non-hydrogen) atoms. The maximum absolute atomic E-state index is 5.89. The zero-order valence-electron chi connectivity index (χ0n) is 10.5. The molecule has 0 spiro atoms. The summed E-state index contributed by atoms with van der Waals surface area (Å²) in [5, 5.41) is 8.21. The number of nitrogens with zero attached hydrogens (tertiary/aromatic N) is 2. The Balaban J connectivity index is 1.80. The van der Waals surface area contributed by atoms with Gasteiger partial charge in [-0.1, -0.05) is 31.2 Å². The van der Waals surface area contributed by atoms with Crippen LogP contribution in [0, 0.1) is 0 Å². The second kappa shape index (κ2) is 4.53. The molecule has 1 unspecified atom stereocenters. The van der Waals surface area contributed by atoms with Gasteiger partial charge in [0.15, 0.2) is 0 Å². The van der Waals surface area contributed by atoms with Crippen LogP contribution in [-0.2, 0) is 12.8 Å². The van der Waals surface area contributed by atoms with Gasteiger partial charge in [0.25, 0.3) is 0 Å². The lowest BCUT2D eigenvalue weighted by Crippen LogP contribution is -2.08. The average molecular weight is 243 g/mol. The largest absolute Gasteiger partial charge is 0.423 e. The molecular weight excluding hydrogens is 226 g/mol. The Kier molecular flexibility index (Phi) is 2.88. The Labute approximate surface area is 106 Å². The van der Waals surface area contributed by atoms with Crippen molar-refractivity contribution in [3.63, 3.8) is 0 Å². The molecule has 0 saturated heterocycles. The lowest BCUT2D eigenvalue weighted by molar-refractivity contribution is 0.391. The van der Waals surface area contributed by atoms with E-state index in [0.717, 1.165) is 25.2 Å². The van der Waals surface area contributed by atoms with Gasteiger partial charge in [0.2, 0.25) is 11.8 Å². The minimum Gasteiger partial charge on any atom is -0.423 e. The minimum absolute atomic E-state index is 0.143.